The predicted octanol–water partition coefficient (Wildman–Crippen LogP) is 2.75. The molecule has 2 nitrogen and oxygen atoms in total. The maximum atomic E-state index is 5.36. The molecule has 2 unspecified atom stereocenters. The summed E-state index contributed by atoms with van der Waals surface area (Å²) in [7, 11) is 0. The molecule has 1 aromatic heterocycles. The van der Waals surface area contributed by atoms with Crippen molar-refractivity contribution in [2.24, 2.45) is 0 Å². The highest BCUT2D eigenvalue weighted by Crippen LogP contribution is 2.24. The largest absolute Gasteiger partial charge is 0.380 e. The van der Waals surface area contributed by atoms with Crippen molar-refractivity contribution in [1.82, 2.24) is 5.32 Å². The Morgan fingerprint density at radius 2 is 2.47 bits per heavy atom. The topological polar surface area (TPSA) is 21.3 Å². The second-order valence-electron chi connectivity index (χ2n) is 4.11. The third-order valence-electron chi connectivity index (χ3n) is 2.87. The molecule has 2 rings (SSSR count). The quantitative estimate of drug-likeness (QED) is 0.850. The van der Waals surface area contributed by atoms with Crippen LogP contribution in [0.25, 0.3) is 0 Å². The van der Waals surface area contributed by atoms with E-state index in [1.807, 2.05) is 11.3 Å². The zero-order valence-electron chi connectivity index (χ0n) is 9.45. The van der Waals surface area contributed by atoms with Gasteiger partial charge in [-0.25, -0.2) is 0 Å². The fraction of sp³-hybridized carbons (Fsp3) is 0.667. The second kappa shape index (κ2) is 5.10. The van der Waals surface area contributed by atoms with Crippen molar-refractivity contribution >= 4 is 11.3 Å². The van der Waals surface area contributed by atoms with Gasteiger partial charge < -0.3 is 10.1 Å². The Bertz CT molecular complexity index is 304. The first-order valence-electron chi connectivity index (χ1n) is 5.72. The molecule has 2 atom stereocenters. The first-order valence-corrected chi connectivity index (χ1v) is 6.53. The molecule has 1 aliphatic heterocycles. The van der Waals surface area contributed by atoms with Gasteiger partial charge in [0, 0.05) is 28.4 Å². The van der Waals surface area contributed by atoms with Gasteiger partial charge in [0.2, 0.25) is 0 Å². The minimum absolute atomic E-state index is 0.460. The van der Waals surface area contributed by atoms with E-state index in [0.717, 1.165) is 26.1 Å². The zero-order chi connectivity index (χ0) is 10.7. The lowest BCUT2D eigenvalue weighted by molar-refractivity contribution is 0.188. The van der Waals surface area contributed by atoms with Crippen LogP contribution in [-0.2, 0) is 11.2 Å². The van der Waals surface area contributed by atoms with Crippen LogP contribution in [-0.4, -0.2) is 19.3 Å². The maximum Gasteiger partial charge on any atom is 0.0620 e. The van der Waals surface area contributed by atoms with E-state index in [0.29, 0.717) is 12.1 Å². The van der Waals surface area contributed by atoms with E-state index in [1.165, 1.54) is 9.75 Å². The maximum absolute atomic E-state index is 5.36. The second-order valence-corrected chi connectivity index (χ2v) is 5.31. The van der Waals surface area contributed by atoms with Gasteiger partial charge in [0.15, 0.2) is 0 Å². The smallest absolute Gasteiger partial charge is 0.0620 e. The number of rotatable bonds is 4. The van der Waals surface area contributed by atoms with Crippen LogP contribution in [0.3, 0.4) is 0 Å². The molecule has 0 bridgehead atoms. The minimum Gasteiger partial charge on any atom is -0.380 e. The molecule has 3 heteroatoms. The first kappa shape index (κ1) is 11.1. The summed E-state index contributed by atoms with van der Waals surface area (Å²) in [5, 5.41) is 3.62. The monoisotopic (exact) mass is 225 g/mol. The molecule has 0 radical (unpaired) electrons. The summed E-state index contributed by atoms with van der Waals surface area (Å²) in [4.78, 5) is 2.92. The first-order chi connectivity index (χ1) is 7.29. The molecule has 1 aliphatic rings. The Balaban J connectivity index is 1.91. The lowest BCUT2D eigenvalue weighted by Gasteiger charge is -2.16. The Morgan fingerprint density at radius 1 is 1.60 bits per heavy atom. The van der Waals surface area contributed by atoms with Crippen molar-refractivity contribution in [1.29, 1.82) is 0 Å². The Labute approximate surface area is 95.6 Å². The molecule has 1 saturated heterocycles. The Hall–Kier alpha value is -0.380. The van der Waals surface area contributed by atoms with Gasteiger partial charge in [0.1, 0.15) is 0 Å². The number of hydrogen-bond acceptors (Lipinski definition) is 3. The third-order valence-corrected chi connectivity index (χ3v) is 4.29. The van der Waals surface area contributed by atoms with Crippen LogP contribution in [0.4, 0.5) is 0 Å². The normalized spacial score (nSPS) is 23.2. The van der Waals surface area contributed by atoms with Crippen LogP contribution in [0.1, 0.15) is 36.1 Å². The van der Waals surface area contributed by atoms with E-state index in [-0.39, 0.29) is 0 Å². The molecule has 0 amide bonds. The Kier molecular flexibility index (Phi) is 3.78. The highest BCUT2D eigenvalue weighted by atomic mass is 32.1. The fourth-order valence-electron chi connectivity index (χ4n) is 1.92. The predicted molar refractivity (Wildman–Crippen MR) is 64.5 cm³/mol. The summed E-state index contributed by atoms with van der Waals surface area (Å²) in [6.07, 6.45) is 2.29. The number of ether oxygens (including phenoxy) is 1. The molecule has 1 fully saturated rings. The number of nitrogens with one attached hydrogen (secondary N) is 1. The standard InChI is InChI=1S/C12H19NOS/c1-3-11-4-5-12(15-11)9(2)13-10-6-7-14-8-10/h4-5,9-10,13H,3,6-8H2,1-2H3. The van der Waals surface area contributed by atoms with Gasteiger partial charge in [-0.3, -0.25) is 0 Å². The molecular weight excluding hydrogens is 206 g/mol. The lowest BCUT2D eigenvalue weighted by atomic mass is 10.2. The van der Waals surface area contributed by atoms with Crippen molar-refractivity contribution < 1.29 is 4.74 Å². The van der Waals surface area contributed by atoms with Crippen LogP contribution in [0.5, 0.6) is 0 Å². The van der Waals surface area contributed by atoms with Gasteiger partial charge in [-0.05, 0) is 31.9 Å². The molecular formula is C12H19NOS. The van der Waals surface area contributed by atoms with Crippen molar-refractivity contribution in [3.63, 3.8) is 0 Å². The average molecular weight is 225 g/mol. The van der Waals surface area contributed by atoms with Gasteiger partial charge in [-0.1, -0.05) is 6.92 Å². The van der Waals surface area contributed by atoms with Crippen LogP contribution in [0, 0.1) is 0 Å². The minimum atomic E-state index is 0.460. The van der Waals surface area contributed by atoms with Crippen molar-refractivity contribution in [2.45, 2.75) is 38.8 Å². The molecule has 0 spiro atoms. The summed E-state index contributed by atoms with van der Waals surface area (Å²) in [5.41, 5.74) is 0. The van der Waals surface area contributed by atoms with Crippen molar-refractivity contribution in [3.05, 3.63) is 21.9 Å². The molecule has 0 aromatic carbocycles. The van der Waals surface area contributed by atoms with Crippen LogP contribution in [0.2, 0.25) is 0 Å². The summed E-state index contributed by atoms with van der Waals surface area (Å²) in [5.74, 6) is 0. The van der Waals surface area contributed by atoms with E-state index in [9.17, 15) is 0 Å². The highest BCUT2D eigenvalue weighted by Gasteiger charge is 2.18. The van der Waals surface area contributed by atoms with Crippen molar-refractivity contribution in [2.75, 3.05) is 13.2 Å². The van der Waals surface area contributed by atoms with Crippen LogP contribution >= 0.6 is 11.3 Å². The van der Waals surface area contributed by atoms with E-state index >= 15 is 0 Å². The van der Waals surface area contributed by atoms with Gasteiger partial charge in [0.05, 0.1) is 6.61 Å². The third kappa shape index (κ3) is 2.80. The number of aryl methyl sites for hydroxylation is 1. The summed E-state index contributed by atoms with van der Waals surface area (Å²) in [6.45, 7) is 6.23. The van der Waals surface area contributed by atoms with Crippen LogP contribution in [0.15, 0.2) is 12.1 Å². The summed E-state index contributed by atoms with van der Waals surface area (Å²) < 4.78 is 5.36. The number of thiophene rings is 1. The summed E-state index contributed by atoms with van der Waals surface area (Å²) >= 11 is 1.92. The van der Waals surface area contributed by atoms with E-state index in [1.54, 1.807) is 0 Å². The zero-order valence-corrected chi connectivity index (χ0v) is 10.3. The summed E-state index contributed by atoms with van der Waals surface area (Å²) in [6, 6.07) is 5.49. The molecule has 0 saturated carbocycles. The van der Waals surface area contributed by atoms with Crippen molar-refractivity contribution in [3.8, 4) is 0 Å². The average Bonchev–Trinajstić information content (AvgIpc) is 2.86. The molecule has 1 aromatic rings. The highest BCUT2D eigenvalue weighted by molar-refractivity contribution is 7.12. The van der Waals surface area contributed by atoms with E-state index in [4.69, 9.17) is 4.74 Å². The van der Waals surface area contributed by atoms with E-state index in [2.05, 4.69) is 31.3 Å². The van der Waals surface area contributed by atoms with Gasteiger partial charge in [-0.15, -0.1) is 11.3 Å². The number of hydrogen-bond donors (Lipinski definition) is 1. The van der Waals surface area contributed by atoms with Gasteiger partial charge in [-0.2, -0.15) is 0 Å². The van der Waals surface area contributed by atoms with Gasteiger partial charge in [0.25, 0.3) is 0 Å². The van der Waals surface area contributed by atoms with Crippen LogP contribution < -0.4 is 5.32 Å². The van der Waals surface area contributed by atoms with E-state index < -0.39 is 0 Å². The molecule has 1 N–H and O–H groups in total. The SMILES string of the molecule is CCc1ccc(C(C)NC2CCOC2)s1. The molecule has 0 aliphatic carbocycles. The molecule has 15 heavy (non-hydrogen) atoms. The van der Waals surface area contributed by atoms with Gasteiger partial charge >= 0.3 is 0 Å². The fourth-order valence-corrected chi connectivity index (χ4v) is 2.88. The molecule has 84 valence electrons. The Morgan fingerprint density at radius 3 is 3.07 bits per heavy atom. The molecule has 2 heterocycles. The lowest BCUT2D eigenvalue weighted by Crippen LogP contribution is -2.31.